The summed E-state index contributed by atoms with van der Waals surface area (Å²) in [5, 5.41) is 5.82. The molecule has 0 aliphatic heterocycles. The predicted octanol–water partition coefficient (Wildman–Crippen LogP) is 0.0323. The molecule has 0 fully saturated rings. The first-order chi connectivity index (χ1) is 7.04. The minimum absolute atomic E-state index is 0.0699. The van der Waals surface area contributed by atoms with E-state index in [1.807, 2.05) is 6.92 Å². The van der Waals surface area contributed by atoms with Crippen molar-refractivity contribution in [2.75, 3.05) is 24.2 Å². The number of anilines is 2. The highest BCUT2D eigenvalue weighted by Crippen LogP contribution is 2.18. The van der Waals surface area contributed by atoms with Gasteiger partial charge in [0.15, 0.2) is 0 Å². The van der Waals surface area contributed by atoms with Crippen LogP contribution in [-0.2, 0) is 4.79 Å². The number of nitrogens with two attached hydrogens (primary N) is 1. The number of hydrogen-bond acceptors (Lipinski definition) is 5. The van der Waals surface area contributed by atoms with Crippen LogP contribution in [0.4, 0.5) is 11.6 Å². The quantitative estimate of drug-likeness (QED) is 0.650. The van der Waals surface area contributed by atoms with E-state index in [9.17, 15) is 4.79 Å². The summed E-state index contributed by atoms with van der Waals surface area (Å²) in [5.74, 6) is 1.59. The van der Waals surface area contributed by atoms with E-state index in [0.29, 0.717) is 11.6 Å². The van der Waals surface area contributed by atoms with Crippen LogP contribution in [0.5, 0.6) is 0 Å². The van der Waals surface area contributed by atoms with Crippen LogP contribution in [0, 0.1) is 13.8 Å². The number of carbonyl (C=O) groups excluding carboxylic acids is 1. The number of hydrogen-bond donors (Lipinski definition) is 3. The average molecular weight is 209 g/mol. The summed E-state index contributed by atoms with van der Waals surface area (Å²) >= 11 is 0. The van der Waals surface area contributed by atoms with E-state index in [2.05, 4.69) is 20.6 Å². The van der Waals surface area contributed by atoms with Gasteiger partial charge in [0.05, 0.1) is 6.54 Å². The fraction of sp³-hybridized carbons (Fsp3) is 0.444. The molecule has 0 spiro atoms. The van der Waals surface area contributed by atoms with Crippen molar-refractivity contribution < 1.29 is 4.79 Å². The maximum Gasteiger partial charge on any atom is 0.236 e. The third-order valence-electron chi connectivity index (χ3n) is 1.92. The van der Waals surface area contributed by atoms with Gasteiger partial charge >= 0.3 is 0 Å². The molecular formula is C9H15N5O. The number of primary amides is 1. The lowest BCUT2D eigenvalue weighted by Crippen LogP contribution is -2.23. The van der Waals surface area contributed by atoms with Gasteiger partial charge in [0, 0.05) is 12.6 Å². The molecule has 0 bridgehead atoms. The van der Waals surface area contributed by atoms with E-state index in [-0.39, 0.29) is 6.54 Å². The van der Waals surface area contributed by atoms with Crippen molar-refractivity contribution >= 4 is 17.5 Å². The molecule has 0 atom stereocenters. The lowest BCUT2D eigenvalue weighted by molar-refractivity contribution is -0.116. The molecule has 15 heavy (non-hydrogen) atoms. The molecule has 0 aromatic carbocycles. The molecule has 1 aromatic heterocycles. The molecular weight excluding hydrogens is 194 g/mol. The van der Waals surface area contributed by atoms with Crippen LogP contribution in [0.2, 0.25) is 0 Å². The Morgan fingerprint density at radius 3 is 2.47 bits per heavy atom. The first-order valence-electron chi connectivity index (χ1n) is 4.59. The molecule has 0 unspecified atom stereocenters. The van der Waals surface area contributed by atoms with Crippen LogP contribution < -0.4 is 16.4 Å². The first kappa shape index (κ1) is 11.2. The number of carbonyl (C=O) groups is 1. The van der Waals surface area contributed by atoms with E-state index in [4.69, 9.17) is 5.73 Å². The normalized spacial score (nSPS) is 9.80. The minimum Gasteiger partial charge on any atom is -0.373 e. The summed E-state index contributed by atoms with van der Waals surface area (Å²) in [5.41, 5.74) is 5.90. The Morgan fingerprint density at radius 1 is 1.33 bits per heavy atom. The SMILES string of the molecule is CNc1nc(C)nc(NCC(N)=O)c1C. The number of rotatable bonds is 4. The third kappa shape index (κ3) is 2.80. The van der Waals surface area contributed by atoms with Gasteiger partial charge in [0.1, 0.15) is 17.5 Å². The van der Waals surface area contributed by atoms with Crippen molar-refractivity contribution in [3.8, 4) is 0 Å². The van der Waals surface area contributed by atoms with E-state index in [0.717, 1.165) is 11.4 Å². The largest absolute Gasteiger partial charge is 0.373 e. The zero-order chi connectivity index (χ0) is 11.4. The molecule has 1 rings (SSSR count). The Labute approximate surface area is 88.3 Å². The summed E-state index contributed by atoms with van der Waals surface area (Å²) in [7, 11) is 1.78. The van der Waals surface area contributed by atoms with Crippen LogP contribution in [0.3, 0.4) is 0 Å². The number of nitrogens with one attached hydrogen (secondary N) is 2. The lowest BCUT2D eigenvalue weighted by Gasteiger charge is -2.11. The van der Waals surface area contributed by atoms with Crippen LogP contribution >= 0.6 is 0 Å². The molecule has 6 heteroatoms. The molecule has 0 radical (unpaired) electrons. The van der Waals surface area contributed by atoms with Gasteiger partial charge in [-0.1, -0.05) is 0 Å². The molecule has 6 nitrogen and oxygen atoms in total. The summed E-state index contributed by atoms with van der Waals surface area (Å²) < 4.78 is 0. The van der Waals surface area contributed by atoms with Gasteiger partial charge in [-0.25, -0.2) is 9.97 Å². The predicted molar refractivity (Wildman–Crippen MR) is 58.7 cm³/mol. The van der Waals surface area contributed by atoms with Crippen molar-refractivity contribution in [2.45, 2.75) is 13.8 Å². The van der Waals surface area contributed by atoms with Crippen molar-refractivity contribution in [3.05, 3.63) is 11.4 Å². The minimum atomic E-state index is -0.420. The number of amides is 1. The maximum atomic E-state index is 10.6. The first-order valence-corrected chi connectivity index (χ1v) is 4.59. The number of nitrogens with zero attached hydrogens (tertiary/aromatic N) is 2. The second kappa shape index (κ2) is 4.59. The molecule has 82 valence electrons. The smallest absolute Gasteiger partial charge is 0.236 e. The molecule has 0 saturated carbocycles. The topological polar surface area (TPSA) is 92.9 Å². The van der Waals surface area contributed by atoms with Gasteiger partial charge in [-0.2, -0.15) is 0 Å². The maximum absolute atomic E-state index is 10.6. The van der Waals surface area contributed by atoms with Gasteiger partial charge in [-0.05, 0) is 13.8 Å². The molecule has 0 aliphatic rings. The molecule has 0 saturated heterocycles. The van der Waals surface area contributed by atoms with Crippen molar-refractivity contribution in [2.24, 2.45) is 5.73 Å². The molecule has 4 N–H and O–H groups in total. The highest BCUT2D eigenvalue weighted by molar-refractivity contribution is 5.79. The highest BCUT2D eigenvalue weighted by atomic mass is 16.1. The van der Waals surface area contributed by atoms with Crippen LogP contribution in [-0.4, -0.2) is 29.5 Å². The Morgan fingerprint density at radius 2 is 1.93 bits per heavy atom. The fourth-order valence-electron chi connectivity index (χ4n) is 1.21. The van der Waals surface area contributed by atoms with Crippen molar-refractivity contribution in [1.82, 2.24) is 9.97 Å². The van der Waals surface area contributed by atoms with E-state index in [1.54, 1.807) is 14.0 Å². The highest BCUT2D eigenvalue weighted by Gasteiger charge is 2.07. The lowest BCUT2D eigenvalue weighted by atomic mass is 10.3. The second-order valence-corrected chi connectivity index (χ2v) is 3.16. The van der Waals surface area contributed by atoms with Gasteiger partial charge in [0.2, 0.25) is 5.91 Å². The van der Waals surface area contributed by atoms with Gasteiger partial charge in [0.25, 0.3) is 0 Å². The molecule has 0 aliphatic carbocycles. The Balaban J connectivity index is 2.95. The summed E-state index contributed by atoms with van der Waals surface area (Å²) in [6, 6.07) is 0. The van der Waals surface area contributed by atoms with E-state index < -0.39 is 5.91 Å². The Kier molecular flexibility index (Phi) is 3.43. The van der Waals surface area contributed by atoms with Gasteiger partial charge in [-0.15, -0.1) is 0 Å². The van der Waals surface area contributed by atoms with Crippen LogP contribution in [0.1, 0.15) is 11.4 Å². The standard InChI is InChI=1S/C9H15N5O/c1-5-8(11-3)13-6(2)14-9(5)12-4-7(10)15/h4H2,1-3H3,(H2,10,15)(H2,11,12,13,14). The molecule has 1 amide bonds. The number of aromatic nitrogens is 2. The average Bonchev–Trinajstić information content (AvgIpc) is 2.18. The second-order valence-electron chi connectivity index (χ2n) is 3.16. The zero-order valence-corrected chi connectivity index (χ0v) is 9.09. The Bertz CT molecular complexity index is 377. The third-order valence-corrected chi connectivity index (χ3v) is 1.92. The van der Waals surface area contributed by atoms with Crippen molar-refractivity contribution in [3.63, 3.8) is 0 Å². The zero-order valence-electron chi connectivity index (χ0n) is 9.09. The number of aryl methyl sites for hydroxylation is 1. The summed E-state index contributed by atoms with van der Waals surface area (Å²) in [6.45, 7) is 3.73. The fourth-order valence-corrected chi connectivity index (χ4v) is 1.21. The summed E-state index contributed by atoms with van der Waals surface area (Å²) in [6.07, 6.45) is 0. The van der Waals surface area contributed by atoms with Gasteiger partial charge in [-0.3, -0.25) is 4.79 Å². The molecule has 1 heterocycles. The van der Waals surface area contributed by atoms with Crippen LogP contribution in [0.25, 0.3) is 0 Å². The van der Waals surface area contributed by atoms with E-state index >= 15 is 0 Å². The van der Waals surface area contributed by atoms with Gasteiger partial charge < -0.3 is 16.4 Å². The molecule has 1 aromatic rings. The summed E-state index contributed by atoms with van der Waals surface area (Å²) in [4.78, 5) is 19.0. The monoisotopic (exact) mass is 209 g/mol. The van der Waals surface area contributed by atoms with Crippen molar-refractivity contribution in [1.29, 1.82) is 0 Å². The Hall–Kier alpha value is -1.85. The van der Waals surface area contributed by atoms with E-state index in [1.165, 1.54) is 0 Å². The van der Waals surface area contributed by atoms with Crippen LogP contribution in [0.15, 0.2) is 0 Å².